The van der Waals surface area contributed by atoms with E-state index in [1.165, 1.54) is 19.2 Å². The Morgan fingerprint density at radius 2 is 2.33 bits per heavy atom. The Morgan fingerprint density at radius 3 is 2.87 bits per heavy atom. The molecule has 0 fully saturated rings. The fourth-order valence-electron chi connectivity index (χ4n) is 1.14. The van der Waals surface area contributed by atoms with E-state index in [0.29, 0.717) is 15.6 Å². The van der Waals surface area contributed by atoms with Crippen molar-refractivity contribution in [1.29, 1.82) is 5.26 Å². The summed E-state index contributed by atoms with van der Waals surface area (Å²) in [5.41, 5.74) is 0.773. The third-order valence-corrected chi connectivity index (χ3v) is 2.46. The highest BCUT2D eigenvalue weighted by Gasteiger charge is 2.12. The second-order valence-electron chi connectivity index (χ2n) is 2.83. The maximum absolute atomic E-state index is 11.0. The number of phenolic OH excluding ortho intramolecular Hbond substituents is 1. The molecule has 0 bridgehead atoms. The number of ether oxygens (including phenoxy) is 1. The molecule has 0 saturated heterocycles. The van der Waals surface area contributed by atoms with Crippen LogP contribution in [-0.4, -0.2) is 18.2 Å². The third-order valence-electron chi connectivity index (χ3n) is 1.83. The molecule has 0 saturated carbocycles. The number of carbonyl (C=O) groups is 1. The minimum absolute atomic E-state index is 0.000205. The van der Waals surface area contributed by atoms with Crippen LogP contribution in [0.1, 0.15) is 11.1 Å². The molecular formula is C10H8BrNO3. The van der Waals surface area contributed by atoms with Crippen LogP contribution in [0.4, 0.5) is 0 Å². The summed E-state index contributed by atoms with van der Waals surface area (Å²) >= 11 is 3.14. The summed E-state index contributed by atoms with van der Waals surface area (Å²) in [6.07, 6.45) is -0.0353. The molecule has 1 N–H and O–H groups in total. The van der Waals surface area contributed by atoms with Crippen molar-refractivity contribution in [2.24, 2.45) is 0 Å². The van der Waals surface area contributed by atoms with Crippen LogP contribution in [0.2, 0.25) is 0 Å². The van der Waals surface area contributed by atoms with E-state index in [9.17, 15) is 9.90 Å². The highest BCUT2D eigenvalue weighted by Crippen LogP contribution is 2.26. The lowest BCUT2D eigenvalue weighted by Gasteiger charge is -2.05. The van der Waals surface area contributed by atoms with E-state index in [2.05, 4.69) is 20.7 Å². The molecular weight excluding hydrogens is 262 g/mol. The van der Waals surface area contributed by atoms with Crippen molar-refractivity contribution in [3.05, 3.63) is 27.7 Å². The molecule has 0 aromatic heterocycles. The highest BCUT2D eigenvalue weighted by atomic mass is 79.9. The molecule has 78 valence electrons. The molecule has 1 aromatic rings. The predicted molar refractivity (Wildman–Crippen MR) is 56.2 cm³/mol. The first-order valence-corrected chi connectivity index (χ1v) is 4.86. The van der Waals surface area contributed by atoms with Crippen molar-refractivity contribution in [3.8, 4) is 11.8 Å². The van der Waals surface area contributed by atoms with Gasteiger partial charge in [-0.25, -0.2) is 0 Å². The van der Waals surface area contributed by atoms with Gasteiger partial charge in [-0.1, -0.05) is 0 Å². The summed E-state index contributed by atoms with van der Waals surface area (Å²) in [7, 11) is 1.27. The SMILES string of the molecule is COC(=O)Cc1cc(O)cc(Br)c1C#N. The van der Waals surface area contributed by atoms with Gasteiger partial charge in [0.1, 0.15) is 11.8 Å². The Kier molecular flexibility index (Phi) is 3.69. The fourth-order valence-corrected chi connectivity index (χ4v) is 1.72. The van der Waals surface area contributed by atoms with Crippen molar-refractivity contribution in [2.45, 2.75) is 6.42 Å². The van der Waals surface area contributed by atoms with E-state index in [-0.39, 0.29) is 12.2 Å². The van der Waals surface area contributed by atoms with Gasteiger partial charge in [0.2, 0.25) is 0 Å². The van der Waals surface area contributed by atoms with Crippen LogP contribution in [0.5, 0.6) is 5.75 Å². The Balaban J connectivity index is 3.16. The third kappa shape index (κ3) is 2.70. The summed E-state index contributed by atoms with van der Waals surface area (Å²) < 4.78 is 4.95. The zero-order chi connectivity index (χ0) is 11.4. The van der Waals surface area contributed by atoms with Crippen molar-refractivity contribution in [1.82, 2.24) is 0 Å². The molecule has 0 aliphatic heterocycles. The van der Waals surface area contributed by atoms with Crippen molar-refractivity contribution in [3.63, 3.8) is 0 Å². The summed E-state index contributed by atoms with van der Waals surface area (Å²) in [5, 5.41) is 18.2. The maximum atomic E-state index is 11.0. The minimum atomic E-state index is -0.455. The second kappa shape index (κ2) is 4.80. The van der Waals surface area contributed by atoms with Crippen molar-refractivity contribution >= 4 is 21.9 Å². The normalized spacial score (nSPS) is 9.40. The molecule has 0 spiro atoms. The van der Waals surface area contributed by atoms with E-state index >= 15 is 0 Å². The van der Waals surface area contributed by atoms with Crippen LogP contribution in [0.15, 0.2) is 16.6 Å². The molecule has 0 heterocycles. The van der Waals surface area contributed by atoms with E-state index in [1.807, 2.05) is 6.07 Å². The number of benzene rings is 1. The summed E-state index contributed by atoms with van der Waals surface area (Å²) in [6, 6.07) is 4.73. The number of esters is 1. The summed E-state index contributed by atoms with van der Waals surface area (Å²) in [4.78, 5) is 11.0. The van der Waals surface area contributed by atoms with Gasteiger partial charge in [0.25, 0.3) is 0 Å². The number of nitriles is 1. The van der Waals surface area contributed by atoms with Gasteiger partial charge in [-0.15, -0.1) is 0 Å². The van der Waals surface area contributed by atoms with E-state index < -0.39 is 5.97 Å². The number of halogens is 1. The number of carbonyl (C=O) groups excluding carboxylic acids is 1. The van der Waals surface area contributed by atoms with E-state index in [0.717, 1.165) is 0 Å². The maximum Gasteiger partial charge on any atom is 0.310 e. The average Bonchev–Trinajstić information content (AvgIpc) is 2.17. The van der Waals surface area contributed by atoms with Gasteiger partial charge in [-0.2, -0.15) is 5.26 Å². The standard InChI is InChI=1S/C10H8BrNO3/c1-15-10(14)3-6-2-7(13)4-9(11)8(6)5-12/h2,4,13H,3H2,1H3. The second-order valence-corrected chi connectivity index (χ2v) is 3.68. The number of hydrogen-bond donors (Lipinski definition) is 1. The lowest BCUT2D eigenvalue weighted by Crippen LogP contribution is -2.06. The molecule has 15 heavy (non-hydrogen) atoms. The zero-order valence-electron chi connectivity index (χ0n) is 7.95. The lowest BCUT2D eigenvalue weighted by molar-refractivity contribution is -0.139. The van der Waals surface area contributed by atoms with Gasteiger partial charge in [0.15, 0.2) is 0 Å². The van der Waals surface area contributed by atoms with Gasteiger partial charge < -0.3 is 9.84 Å². The molecule has 0 amide bonds. The van der Waals surface area contributed by atoms with Crippen LogP contribution in [0.3, 0.4) is 0 Å². The van der Waals surface area contributed by atoms with Gasteiger partial charge >= 0.3 is 5.97 Å². The molecule has 0 aliphatic rings. The minimum Gasteiger partial charge on any atom is -0.508 e. The predicted octanol–water partition coefficient (Wildman–Crippen LogP) is 1.74. The lowest BCUT2D eigenvalue weighted by atomic mass is 10.1. The first kappa shape index (κ1) is 11.5. The largest absolute Gasteiger partial charge is 0.508 e. The van der Waals surface area contributed by atoms with Crippen LogP contribution in [0.25, 0.3) is 0 Å². The molecule has 0 aliphatic carbocycles. The van der Waals surface area contributed by atoms with Crippen LogP contribution < -0.4 is 0 Å². The molecule has 0 radical (unpaired) electrons. The highest BCUT2D eigenvalue weighted by molar-refractivity contribution is 9.10. The van der Waals surface area contributed by atoms with E-state index in [4.69, 9.17) is 5.26 Å². The summed E-state index contributed by atoms with van der Waals surface area (Å²) in [5.74, 6) is -0.455. The van der Waals surface area contributed by atoms with Crippen LogP contribution in [-0.2, 0) is 16.0 Å². The molecule has 0 atom stereocenters. The van der Waals surface area contributed by atoms with Crippen LogP contribution >= 0.6 is 15.9 Å². The molecule has 4 nitrogen and oxygen atoms in total. The molecule has 1 rings (SSSR count). The van der Waals surface area contributed by atoms with Gasteiger partial charge in [0.05, 0.1) is 19.1 Å². The van der Waals surface area contributed by atoms with Crippen LogP contribution in [0, 0.1) is 11.3 Å². The first-order valence-electron chi connectivity index (χ1n) is 4.06. The Morgan fingerprint density at radius 1 is 1.67 bits per heavy atom. The number of phenols is 1. The first-order chi connectivity index (χ1) is 7.08. The number of rotatable bonds is 2. The smallest absolute Gasteiger partial charge is 0.310 e. The average molecular weight is 270 g/mol. The molecule has 0 unspecified atom stereocenters. The Hall–Kier alpha value is -1.54. The number of aromatic hydroxyl groups is 1. The topological polar surface area (TPSA) is 70.3 Å². The monoisotopic (exact) mass is 269 g/mol. The van der Waals surface area contributed by atoms with Gasteiger partial charge in [-0.3, -0.25) is 4.79 Å². The van der Waals surface area contributed by atoms with Gasteiger partial charge in [0, 0.05) is 4.47 Å². The number of methoxy groups -OCH3 is 1. The fraction of sp³-hybridized carbons (Fsp3) is 0.200. The summed E-state index contributed by atoms with van der Waals surface area (Å²) in [6.45, 7) is 0. The Bertz CT molecular complexity index is 437. The molecule has 1 aromatic carbocycles. The molecule has 5 heteroatoms. The van der Waals surface area contributed by atoms with Crippen molar-refractivity contribution < 1.29 is 14.6 Å². The zero-order valence-corrected chi connectivity index (χ0v) is 9.54. The number of hydrogen-bond acceptors (Lipinski definition) is 4. The van der Waals surface area contributed by atoms with Crippen molar-refractivity contribution in [2.75, 3.05) is 7.11 Å². The Labute approximate surface area is 95.2 Å². The van der Waals surface area contributed by atoms with Gasteiger partial charge in [-0.05, 0) is 33.6 Å². The quantitative estimate of drug-likeness (QED) is 0.831. The van der Waals surface area contributed by atoms with E-state index in [1.54, 1.807) is 0 Å². The number of nitrogens with zero attached hydrogens (tertiary/aromatic N) is 1.